The van der Waals surface area contributed by atoms with E-state index in [-0.39, 0.29) is 12.0 Å². The van der Waals surface area contributed by atoms with Gasteiger partial charge in [-0.05, 0) is 25.7 Å². The van der Waals surface area contributed by atoms with E-state index in [1.165, 1.54) is 7.11 Å². The molecular weight excluding hydrogens is 190 g/mol. The van der Waals surface area contributed by atoms with Gasteiger partial charge in [-0.1, -0.05) is 27.2 Å². The van der Waals surface area contributed by atoms with Gasteiger partial charge in [-0.2, -0.15) is 0 Å². The van der Waals surface area contributed by atoms with Gasteiger partial charge in [0.25, 0.3) is 0 Å². The average Bonchev–Trinajstić information content (AvgIpc) is 2.24. The molecule has 3 unspecified atom stereocenters. The first-order valence-electron chi connectivity index (χ1n) is 5.90. The largest absolute Gasteiger partial charge is 0.468 e. The van der Waals surface area contributed by atoms with Crippen LogP contribution in [0.2, 0.25) is 0 Å². The van der Waals surface area contributed by atoms with E-state index >= 15 is 0 Å². The summed E-state index contributed by atoms with van der Waals surface area (Å²) in [5.41, 5.74) is 0. The van der Waals surface area contributed by atoms with E-state index in [0.29, 0.717) is 12.0 Å². The van der Waals surface area contributed by atoms with Crippen LogP contribution in [0.5, 0.6) is 0 Å². The topological polar surface area (TPSA) is 38.3 Å². The normalized spacial score (nSPS) is 16.9. The van der Waals surface area contributed by atoms with E-state index in [4.69, 9.17) is 4.74 Å². The van der Waals surface area contributed by atoms with Crippen LogP contribution >= 0.6 is 0 Å². The number of hydrogen-bond donors (Lipinski definition) is 1. The van der Waals surface area contributed by atoms with Crippen molar-refractivity contribution in [3.8, 4) is 0 Å². The Labute approximate surface area is 93.6 Å². The zero-order valence-corrected chi connectivity index (χ0v) is 10.7. The first-order valence-corrected chi connectivity index (χ1v) is 5.90. The van der Waals surface area contributed by atoms with Gasteiger partial charge in [-0.25, -0.2) is 0 Å². The molecule has 0 saturated carbocycles. The highest BCUT2D eigenvalue weighted by Crippen LogP contribution is 2.13. The van der Waals surface area contributed by atoms with Crippen LogP contribution in [0.3, 0.4) is 0 Å². The molecule has 0 amide bonds. The molecule has 90 valence electrons. The maximum Gasteiger partial charge on any atom is 0.323 e. The minimum Gasteiger partial charge on any atom is -0.468 e. The molecule has 0 aliphatic rings. The summed E-state index contributed by atoms with van der Waals surface area (Å²) in [6.45, 7) is 8.43. The molecule has 0 heterocycles. The van der Waals surface area contributed by atoms with Gasteiger partial charge in [0.2, 0.25) is 0 Å². The van der Waals surface area contributed by atoms with E-state index in [0.717, 1.165) is 19.3 Å². The van der Waals surface area contributed by atoms with Crippen LogP contribution in [0.4, 0.5) is 0 Å². The Morgan fingerprint density at radius 3 is 2.33 bits per heavy atom. The fourth-order valence-electron chi connectivity index (χ4n) is 1.64. The van der Waals surface area contributed by atoms with Gasteiger partial charge >= 0.3 is 5.97 Å². The second-order valence-corrected chi connectivity index (χ2v) is 4.24. The molecule has 0 aromatic rings. The zero-order chi connectivity index (χ0) is 11.8. The van der Waals surface area contributed by atoms with Crippen LogP contribution in [0.15, 0.2) is 0 Å². The molecule has 3 nitrogen and oxygen atoms in total. The predicted molar refractivity (Wildman–Crippen MR) is 62.8 cm³/mol. The van der Waals surface area contributed by atoms with Gasteiger partial charge in [0.15, 0.2) is 0 Å². The van der Waals surface area contributed by atoms with Crippen molar-refractivity contribution < 1.29 is 9.53 Å². The van der Waals surface area contributed by atoms with Gasteiger partial charge < -0.3 is 10.1 Å². The lowest BCUT2D eigenvalue weighted by Crippen LogP contribution is -2.46. The molecule has 0 aromatic heterocycles. The molecule has 0 aromatic carbocycles. The van der Waals surface area contributed by atoms with E-state index in [9.17, 15) is 4.79 Å². The number of methoxy groups -OCH3 is 1. The summed E-state index contributed by atoms with van der Waals surface area (Å²) in [6.07, 6.45) is 3.16. The second kappa shape index (κ2) is 7.69. The zero-order valence-electron chi connectivity index (χ0n) is 10.7. The third kappa shape index (κ3) is 5.17. The number of rotatable bonds is 7. The Morgan fingerprint density at radius 1 is 1.33 bits per heavy atom. The SMILES string of the molecule is CCCC(C)C(NC(C)CC)C(=O)OC. The number of esters is 1. The van der Waals surface area contributed by atoms with Crippen molar-refractivity contribution in [3.05, 3.63) is 0 Å². The van der Waals surface area contributed by atoms with Crippen LogP contribution in [0.25, 0.3) is 0 Å². The molecule has 0 aliphatic heterocycles. The summed E-state index contributed by atoms with van der Waals surface area (Å²) in [4.78, 5) is 11.6. The van der Waals surface area contributed by atoms with Crippen LogP contribution in [-0.4, -0.2) is 25.2 Å². The van der Waals surface area contributed by atoms with Gasteiger partial charge in [-0.15, -0.1) is 0 Å². The summed E-state index contributed by atoms with van der Waals surface area (Å²) < 4.78 is 4.82. The van der Waals surface area contributed by atoms with Crippen molar-refractivity contribution in [2.75, 3.05) is 7.11 Å². The summed E-state index contributed by atoms with van der Waals surface area (Å²) in [5.74, 6) is 0.188. The Bertz CT molecular complexity index is 182. The van der Waals surface area contributed by atoms with Gasteiger partial charge in [0.1, 0.15) is 6.04 Å². The summed E-state index contributed by atoms with van der Waals surface area (Å²) in [6, 6.07) is 0.193. The third-order valence-corrected chi connectivity index (χ3v) is 2.84. The summed E-state index contributed by atoms with van der Waals surface area (Å²) in [7, 11) is 1.45. The average molecular weight is 215 g/mol. The first-order chi connectivity index (χ1) is 7.06. The minimum atomic E-state index is -0.162. The number of ether oxygens (including phenoxy) is 1. The quantitative estimate of drug-likeness (QED) is 0.662. The highest BCUT2D eigenvalue weighted by Gasteiger charge is 2.25. The van der Waals surface area contributed by atoms with Crippen LogP contribution in [0.1, 0.15) is 47.0 Å². The maximum atomic E-state index is 11.6. The lowest BCUT2D eigenvalue weighted by atomic mass is 9.96. The van der Waals surface area contributed by atoms with Crippen molar-refractivity contribution in [3.63, 3.8) is 0 Å². The van der Waals surface area contributed by atoms with Crippen molar-refractivity contribution in [1.82, 2.24) is 5.32 Å². The molecule has 0 aliphatic carbocycles. The van der Waals surface area contributed by atoms with Crippen LogP contribution < -0.4 is 5.32 Å². The second-order valence-electron chi connectivity index (χ2n) is 4.24. The Hall–Kier alpha value is -0.570. The van der Waals surface area contributed by atoms with Gasteiger partial charge in [0, 0.05) is 6.04 Å². The molecule has 15 heavy (non-hydrogen) atoms. The standard InChI is InChI=1S/C12H25NO2/c1-6-8-9(3)11(12(14)15-5)13-10(4)7-2/h9-11,13H,6-8H2,1-5H3. The van der Waals surface area contributed by atoms with E-state index in [2.05, 4.69) is 33.0 Å². The van der Waals surface area contributed by atoms with Crippen LogP contribution in [-0.2, 0) is 9.53 Å². The van der Waals surface area contributed by atoms with Gasteiger partial charge in [-0.3, -0.25) is 4.79 Å². The molecule has 0 radical (unpaired) electrons. The van der Waals surface area contributed by atoms with Crippen LogP contribution in [0, 0.1) is 5.92 Å². The molecule has 0 saturated heterocycles. The highest BCUT2D eigenvalue weighted by molar-refractivity contribution is 5.76. The Morgan fingerprint density at radius 2 is 1.93 bits per heavy atom. The monoisotopic (exact) mass is 215 g/mol. The lowest BCUT2D eigenvalue weighted by Gasteiger charge is -2.25. The van der Waals surface area contributed by atoms with E-state index < -0.39 is 0 Å². The molecule has 3 heteroatoms. The summed E-state index contributed by atoms with van der Waals surface area (Å²) in [5, 5.41) is 3.33. The van der Waals surface area contributed by atoms with Gasteiger partial charge in [0.05, 0.1) is 7.11 Å². The fraction of sp³-hybridized carbons (Fsp3) is 0.917. The number of carbonyl (C=O) groups is 1. The molecular formula is C12H25NO2. The highest BCUT2D eigenvalue weighted by atomic mass is 16.5. The Kier molecular flexibility index (Phi) is 7.39. The van der Waals surface area contributed by atoms with E-state index in [1.807, 2.05) is 0 Å². The van der Waals surface area contributed by atoms with Crippen molar-refractivity contribution in [1.29, 1.82) is 0 Å². The minimum absolute atomic E-state index is 0.142. The number of hydrogen-bond acceptors (Lipinski definition) is 3. The smallest absolute Gasteiger partial charge is 0.323 e. The van der Waals surface area contributed by atoms with Crippen molar-refractivity contribution in [2.24, 2.45) is 5.92 Å². The lowest BCUT2D eigenvalue weighted by molar-refractivity contribution is -0.144. The first kappa shape index (κ1) is 14.4. The third-order valence-electron chi connectivity index (χ3n) is 2.84. The summed E-state index contributed by atoms with van der Waals surface area (Å²) >= 11 is 0. The maximum absolute atomic E-state index is 11.6. The molecule has 0 fully saturated rings. The van der Waals surface area contributed by atoms with E-state index in [1.54, 1.807) is 0 Å². The molecule has 0 rings (SSSR count). The molecule has 1 N–H and O–H groups in total. The predicted octanol–water partition coefficient (Wildman–Crippen LogP) is 2.35. The molecule has 0 spiro atoms. The molecule has 3 atom stereocenters. The molecule has 0 bridgehead atoms. The fourth-order valence-corrected chi connectivity index (χ4v) is 1.64. The number of nitrogens with one attached hydrogen (secondary N) is 1. The van der Waals surface area contributed by atoms with Crippen molar-refractivity contribution >= 4 is 5.97 Å². The number of carbonyl (C=O) groups excluding carboxylic acids is 1. The van der Waals surface area contributed by atoms with Crippen molar-refractivity contribution in [2.45, 2.75) is 59.0 Å². The Balaban J connectivity index is 4.36.